The van der Waals surface area contributed by atoms with E-state index in [-0.39, 0.29) is 65.4 Å². The fourth-order valence-electron chi connectivity index (χ4n) is 1.77. The van der Waals surface area contributed by atoms with Crippen molar-refractivity contribution in [3.8, 4) is 0 Å². The average molecular weight is 454 g/mol. The number of hydrogen-bond donors (Lipinski definition) is 0. The first kappa shape index (κ1) is 18.2. The van der Waals surface area contributed by atoms with Crippen LogP contribution in [0.15, 0.2) is 12.1 Å². The molecule has 3 aromatic heterocycles. The molecule has 1 aromatic carbocycles. The maximum Gasteiger partial charge on any atom is 0.0669 e. The van der Waals surface area contributed by atoms with Gasteiger partial charge < -0.3 is 22.7 Å². The number of fused-ring (bicyclic) bond motifs is 6. The van der Waals surface area contributed by atoms with Gasteiger partial charge in [0.15, 0.2) is 0 Å². The van der Waals surface area contributed by atoms with Gasteiger partial charge in [0.05, 0.1) is 11.7 Å². The zero-order valence-electron chi connectivity index (χ0n) is 10.4. The van der Waals surface area contributed by atoms with Crippen molar-refractivity contribution in [3.05, 3.63) is 22.9 Å². The minimum Gasteiger partial charge on any atom is -0.308 e. The van der Waals surface area contributed by atoms with Crippen molar-refractivity contribution >= 4 is 65.6 Å². The van der Waals surface area contributed by atoms with Crippen molar-refractivity contribution in [2.24, 2.45) is 0 Å². The third-order valence-electron chi connectivity index (χ3n) is 2.42. The predicted molar refractivity (Wildman–Crippen MR) is 77.2 cm³/mol. The number of nitrogens with zero attached hydrogens (tertiary/aromatic N) is 2. The van der Waals surface area contributed by atoms with Gasteiger partial charge in [-0.2, -0.15) is 30.3 Å². The molecule has 0 N–H and O–H groups in total. The maximum atomic E-state index is 4.36. The van der Waals surface area contributed by atoms with Gasteiger partial charge in [-0.15, -0.1) is 21.5 Å². The van der Waals surface area contributed by atoms with Crippen molar-refractivity contribution in [2.45, 2.75) is 13.8 Å². The van der Waals surface area contributed by atoms with Crippen molar-refractivity contribution in [1.82, 2.24) is 8.75 Å². The van der Waals surface area contributed by atoms with Crippen LogP contribution in [0.1, 0.15) is 13.8 Å². The molecule has 3 heterocycles. The molecule has 7 heteroatoms. The van der Waals surface area contributed by atoms with Gasteiger partial charge in [-0.05, 0) is 0 Å². The topological polar surface area (TPSA) is 25.8 Å². The number of hydrogen-bond acceptors (Lipinski definition) is 5. The van der Waals surface area contributed by atoms with E-state index in [1.165, 1.54) is 31.9 Å². The Hall–Kier alpha value is 1.17. The Balaban J connectivity index is 0.000000433. The molecule has 4 aromatic rings. The van der Waals surface area contributed by atoms with Crippen molar-refractivity contribution < 1.29 is 65.4 Å². The quantitative estimate of drug-likeness (QED) is 0.359. The summed E-state index contributed by atoms with van der Waals surface area (Å²) in [6.45, 7) is 4.00. The number of aromatic nitrogens is 2. The van der Waals surface area contributed by atoms with E-state index in [4.69, 9.17) is 0 Å². The van der Waals surface area contributed by atoms with Crippen LogP contribution in [0, 0.1) is 10.8 Å². The normalized spacial score (nSPS) is 9.79. The first-order valence-corrected chi connectivity index (χ1v) is 7.65. The van der Waals surface area contributed by atoms with Gasteiger partial charge in [0, 0.05) is 76.5 Å². The Morgan fingerprint density at radius 3 is 1.68 bits per heavy atom. The summed E-state index contributed by atoms with van der Waals surface area (Å²) in [7, 11) is 0. The summed E-state index contributed by atoms with van der Waals surface area (Å²) in [5.41, 5.74) is 2.01. The summed E-state index contributed by atoms with van der Waals surface area (Å²) in [4.78, 5) is 0. The maximum absolute atomic E-state index is 4.36. The van der Waals surface area contributed by atoms with E-state index in [0.717, 1.165) is 11.0 Å². The first-order valence-electron chi connectivity index (χ1n) is 5.28. The third kappa shape index (κ3) is 3.03. The van der Waals surface area contributed by atoms with E-state index in [9.17, 15) is 0 Å². The number of rotatable bonds is 0. The van der Waals surface area contributed by atoms with E-state index < -0.39 is 0 Å². The largest absolute Gasteiger partial charge is 0.308 e. The van der Waals surface area contributed by atoms with Gasteiger partial charge in [-0.1, -0.05) is 13.8 Å². The molecule has 19 heavy (non-hydrogen) atoms. The van der Waals surface area contributed by atoms with Crippen molar-refractivity contribution in [3.63, 3.8) is 0 Å². The van der Waals surface area contributed by atoms with E-state index >= 15 is 0 Å². The second-order valence-electron chi connectivity index (χ2n) is 3.18. The molecule has 0 atom stereocenters. The molecule has 0 aliphatic carbocycles. The Labute approximate surface area is 174 Å². The van der Waals surface area contributed by atoms with E-state index in [0.29, 0.717) is 0 Å². The van der Waals surface area contributed by atoms with Crippen LogP contribution >= 0.6 is 34.4 Å². The zero-order chi connectivity index (χ0) is 11.8. The SMILES string of the molecule is CC.[Y].[Y].[c-]1cc2c3nsnc3c3c[c-]sc3c2s1. The Bertz CT molecular complexity index is 593. The Morgan fingerprint density at radius 2 is 1.26 bits per heavy atom. The summed E-state index contributed by atoms with van der Waals surface area (Å²) in [5, 5.41) is 8.69. The minimum atomic E-state index is 0. The summed E-state index contributed by atoms with van der Waals surface area (Å²) < 4.78 is 11.2. The fourth-order valence-corrected chi connectivity index (χ4v) is 4.12. The molecule has 0 aliphatic rings. The molecule has 4 rings (SSSR count). The van der Waals surface area contributed by atoms with Crippen LogP contribution in [0.3, 0.4) is 0 Å². The third-order valence-corrected chi connectivity index (χ3v) is 4.81. The molecule has 0 saturated carbocycles. The second-order valence-corrected chi connectivity index (χ2v) is 5.40. The van der Waals surface area contributed by atoms with Crippen LogP contribution in [-0.2, 0) is 65.4 Å². The van der Waals surface area contributed by atoms with Gasteiger partial charge in [-0.25, -0.2) is 0 Å². The summed E-state index contributed by atoms with van der Waals surface area (Å²) in [6.07, 6.45) is 0. The molecule has 0 fully saturated rings. The van der Waals surface area contributed by atoms with Crippen LogP contribution < -0.4 is 0 Å². The van der Waals surface area contributed by atoms with Crippen LogP contribution in [-0.4, -0.2) is 8.75 Å². The van der Waals surface area contributed by atoms with Crippen LogP contribution in [0.4, 0.5) is 0 Å². The minimum absolute atomic E-state index is 0. The van der Waals surface area contributed by atoms with Gasteiger partial charge >= 0.3 is 0 Å². The molecule has 0 spiro atoms. The molecule has 0 aliphatic heterocycles. The van der Waals surface area contributed by atoms with Gasteiger partial charge in [-0.3, -0.25) is 0 Å². The fraction of sp³-hybridized carbons (Fsp3) is 0.167. The Kier molecular flexibility index (Phi) is 7.65. The molecule has 0 unspecified atom stereocenters. The monoisotopic (exact) mass is 454 g/mol. The molecule has 0 bridgehead atoms. The molecule has 0 amide bonds. The number of benzene rings is 1. The molecule has 2 nitrogen and oxygen atoms in total. The summed E-state index contributed by atoms with van der Waals surface area (Å²) >= 11 is 4.55. The summed E-state index contributed by atoms with van der Waals surface area (Å²) in [5.74, 6) is 0. The van der Waals surface area contributed by atoms with Crippen LogP contribution in [0.2, 0.25) is 0 Å². The molecule has 2 radical (unpaired) electrons. The van der Waals surface area contributed by atoms with Gasteiger partial charge in [0.25, 0.3) is 0 Å². The van der Waals surface area contributed by atoms with Crippen LogP contribution in [0.25, 0.3) is 31.2 Å². The van der Waals surface area contributed by atoms with E-state index in [1.807, 2.05) is 26.0 Å². The van der Waals surface area contributed by atoms with Gasteiger partial charge in [0.1, 0.15) is 0 Å². The molecular weight excluding hydrogens is 446 g/mol. The van der Waals surface area contributed by atoms with E-state index in [1.54, 1.807) is 22.7 Å². The van der Waals surface area contributed by atoms with Crippen molar-refractivity contribution in [2.75, 3.05) is 0 Å². The zero-order valence-corrected chi connectivity index (χ0v) is 18.6. The molecular formula is C12H8N2S3Y2-2. The number of thiophene rings is 2. The predicted octanol–water partition coefficient (Wildman–Crippen LogP) is 4.74. The Morgan fingerprint density at radius 1 is 0.842 bits per heavy atom. The van der Waals surface area contributed by atoms with Crippen molar-refractivity contribution in [1.29, 1.82) is 0 Å². The average Bonchev–Trinajstić information content (AvgIpc) is 3.10. The summed E-state index contributed by atoms with van der Waals surface area (Å²) in [6, 6.07) is 4.01. The van der Waals surface area contributed by atoms with Gasteiger partial charge in [0.2, 0.25) is 0 Å². The second kappa shape index (κ2) is 7.97. The smallest absolute Gasteiger partial charge is 0.0669 e. The molecule has 92 valence electrons. The van der Waals surface area contributed by atoms with Crippen LogP contribution in [0.5, 0.6) is 0 Å². The standard InChI is InChI=1S/C10H2N2S3.C2H6.2Y/c1-3-13-9-5(1)7-8(12-15-11-7)6-2-4-14-10(6)9;1-2;;/h1-2H;1-2H3;;/q-2;;;. The van der Waals surface area contributed by atoms with E-state index in [2.05, 4.69) is 19.5 Å². The first-order chi connectivity index (χ1) is 8.45. The molecule has 0 saturated heterocycles.